The first kappa shape index (κ1) is 11.0. The van der Waals surface area contributed by atoms with Crippen LogP contribution < -0.4 is 0 Å². The second-order valence-corrected chi connectivity index (χ2v) is 4.19. The zero-order valence-corrected chi connectivity index (χ0v) is 8.92. The van der Waals surface area contributed by atoms with E-state index in [0.717, 1.165) is 32.5 Å². The van der Waals surface area contributed by atoms with Gasteiger partial charge in [-0.05, 0) is 13.3 Å². The molecule has 0 bridgehead atoms. The summed E-state index contributed by atoms with van der Waals surface area (Å²) in [6, 6.07) is 0. The summed E-state index contributed by atoms with van der Waals surface area (Å²) in [6.45, 7) is 6.72. The first-order chi connectivity index (χ1) is 6.09. The largest absolute Gasteiger partial charge is 0.387 e. The first-order valence-electron chi connectivity index (χ1n) is 5.07. The molecule has 1 aliphatic heterocycles. The molecule has 0 saturated carbocycles. The zero-order valence-electron chi connectivity index (χ0n) is 8.92. The molecule has 3 heteroatoms. The Balaban J connectivity index is 2.17. The summed E-state index contributed by atoms with van der Waals surface area (Å²) in [6.07, 6.45) is 2.25. The van der Waals surface area contributed by atoms with Crippen LogP contribution in [0, 0.1) is 0 Å². The van der Waals surface area contributed by atoms with E-state index in [2.05, 4.69) is 18.7 Å². The average molecular weight is 187 g/mol. The van der Waals surface area contributed by atoms with Gasteiger partial charge in [-0.15, -0.1) is 0 Å². The maximum absolute atomic E-state index is 9.88. The zero-order chi connectivity index (χ0) is 9.90. The van der Waals surface area contributed by atoms with Crippen molar-refractivity contribution in [1.29, 1.82) is 0 Å². The molecule has 0 aliphatic carbocycles. The van der Waals surface area contributed by atoms with Gasteiger partial charge in [-0.1, -0.05) is 13.3 Å². The predicted molar refractivity (Wildman–Crippen MR) is 52.8 cm³/mol. The van der Waals surface area contributed by atoms with E-state index in [4.69, 9.17) is 4.74 Å². The van der Waals surface area contributed by atoms with Gasteiger partial charge in [-0.25, -0.2) is 0 Å². The van der Waals surface area contributed by atoms with Crippen LogP contribution >= 0.6 is 0 Å². The van der Waals surface area contributed by atoms with E-state index in [0.29, 0.717) is 0 Å². The van der Waals surface area contributed by atoms with Gasteiger partial charge in [-0.3, -0.25) is 4.90 Å². The van der Waals surface area contributed by atoms with Crippen molar-refractivity contribution in [1.82, 2.24) is 4.90 Å². The van der Waals surface area contributed by atoms with E-state index in [1.165, 1.54) is 0 Å². The van der Waals surface area contributed by atoms with Crippen molar-refractivity contribution in [3.8, 4) is 0 Å². The molecule has 13 heavy (non-hydrogen) atoms. The summed E-state index contributed by atoms with van der Waals surface area (Å²) in [4.78, 5) is 2.24. The summed E-state index contributed by atoms with van der Waals surface area (Å²) in [5, 5.41) is 9.88. The van der Waals surface area contributed by atoms with Crippen molar-refractivity contribution in [2.45, 2.75) is 38.4 Å². The molecule has 78 valence electrons. The van der Waals surface area contributed by atoms with E-state index in [-0.39, 0.29) is 6.10 Å². The van der Waals surface area contributed by atoms with Gasteiger partial charge < -0.3 is 9.84 Å². The molecule has 1 atom stereocenters. The van der Waals surface area contributed by atoms with Crippen LogP contribution in [0.3, 0.4) is 0 Å². The van der Waals surface area contributed by atoms with Gasteiger partial charge in [0.2, 0.25) is 0 Å². The van der Waals surface area contributed by atoms with Crippen molar-refractivity contribution >= 4 is 0 Å². The third-order valence-corrected chi connectivity index (χ3v) is 2.67. The Morgan fingerprint density at radius 3 is 2.62 bits per heavy atom. The Hall–Kier alpha value is -0.120. The van der Waals surface area contributed by atoms with Crippen LogP contribution in [-0.4, -0.2) is 48.5 Å². The second-order valence-electron chi connectivity index (χ2n) is 4.19. The minimum atomic E-state index is -0.401. The molecule has 1 rings (SSSR count). The fraction of sp³-hybridized carbons (Fsp3) is 1.00. The highest BCUT2D eigenvalue weighted by atomic mass is 16.5. The van der Waals surface area contributed by atoms with Gasteiger partial charge in [0.25, 0.3) is 0 Å². The highest BCUT2D eigenvalue weighted by Crippen LogP contribution is 2.25. The molecule has 3 nitrogen and oxygen atoms in total. The minimum absolute atomic E-state index is 0.270. The molecule has 1 aliphatic rings. The maximum Gasteiger partial charge on any atom is 0.0900 e. The van der Waals surface area contributed by atoms with Crippen LogP contribution in [0.15, 0.2) is 0 Å². The number of aliphatic hydroxyl groups is 1. The van der Waals surface area contributed by atoms with E-state index in [9.17, 15) is 5.11 Å². The topological polar surface area (TPSA) is 32.7 Å². The highest BCUT2D eigenvalue weighted by Gasteiger charge is 2.40. The molecule has 1 saturated heterocycles. The third-order valence-electron chi connectivity index (χ3n) is 2.67. The van der Waals surface area contributed by atoms with E-state index in [1.54, 1.807) is 7.11 Å². The van der Waals surface area contributed by atoms with E-state index < -0.39 is 5.60 Å². The smallest absolute Gasteiger partial charge is 0.0900 e. The van der Waals surface area contributed by atoms with Crippen LogP contribution in [0.5, 0.6) is 0 Å². The average Bonchev–Trinajstić information content (AvgIpc) is 2.02. The number of rotatable bonds is 5. The monoisotopic (exact) mass is 187 g/mol. The number of likely N-dealkylation sites (tertiary alicyclic amines) is 1. The lowest BCUT2D eigenvalue weighted by Crippen LogP contribution is -2.62. The number of nitrogens with zero attached hydrogens (tertiary/aromatic N) is 1. The van der Waals surface area contributed by atoms with Crippen LogP contribution in [0.1, 0.15) is 26.7 Å². The minimum Gasteiger partial charge on any atom is -0.387 e. The maximum atomic E-state index is 9.88. The van der Waals surface area contributed by atoms with Gasteiger partial charge in [-0.2, -0.15) is 0 Å². The van der Waals surface area contributed by atoms with Gasteiger partial charge in [0, 0.05) is 26.7 Å². The lowest BCUT2D eigenvalue weighted by molar-refractivity contribution is -0.114. The number of ether oxygens (including phenoxy) is 1. The van der Waals surface area contributed by atoms with Crippen molar-refractivity contribution in [3.63, 3.8) is 0 Å². The molecule has 0 aromatic rings. The van der Waals surface area contributed by atoms with E-state index in [1.807, 2.05) is 0 Å². The molecule has 0 aromatic heterocycles. The normalized spacial score (nSPS) is 24.0. The summed E-state index contributed by atoms with van der Waals surface area (Å²) >= 11 is 0. The Bertz CT molecular complexity index is 155. The van der Waals surface area contributed by atoms with Gasteiger partial charge in [0.1, 0.15) is 0 Å². The van der Waals surface area contributed by atoms with Crippen LogP contribution in [0.25, 0.3) is 0 Å². The standard InChI is InChI=1S/C10H21NO2/c1-4-5-10(12)7-11(8-10)6-9(2)13-3/h9,12H,4-8H2,1-3H3. The molecule has 0 spiro atoms. The third kappa shape index (κ3) is 2.93. The van der Waals surface area contributed by atoms with Gasteiger partial charge in [0.15, 0.2) is 0 Å². The molecule has 1 N–H and O–H groups in total. The Labute approximate surface area is 80.7 Å². The summed E-state index contributed by atoms with van der Waals surface area (Å²) in [5.74, 6) is 0. The Morgan fingerprint density at radius 2 is 2.15 bits per heavy atom. The molecule has 0 amide bonds. The summed E-state index contributed by atoms with van der Waals surface area (Å²) in [7, 11) is 1.72. The summed E-state index contributed by atoms with van der Waals surface area (Å²) < 4.78 is 5.16. The lowest BCUT2D eigenvalue weighted by Gasteiger charge is -2.47. The SMILES string of the molecule is CCCC1(O)CN(CC(C)OC)C1. The molecule has 0 aromatic carbocycles. The molecular weight excluding hydrogens is 166 g/mol. The van der Waals surface area contributed by atoms with Gasteiger partial charge >= 0.3 is 0 Å². The predicted octanol–water partition coefficient (Wildman–Crippen LogP) is 0.868. The summed E-state index contributed by atoms with van der Waals surface area (Å²) in [5.41, 5.74) is -0.401. The lowest BCUT2D eigenvalue weighted by atomic mass is 9.89. The van der Waals surface area contributed by atoms with Crippen molar-refractivity contribution < 1.29 is 9.84 Å². The quantitative estimate of drug-likeness (QED) is 0.693. The van der Waals surface area contributed by atoms with Crippen molar-refractivity contribution in [2.24, 2.45) is 0 Å². The molecule has 1 fully saturated rings. The molecule has 1 heterocycles. The van der Waals surface area contributed by atoms with Crippen LogP contribution in [0.4, 0.5) is 0 Å². The van der Waals surface area contributed by atoms with Crippen molar-refractivity contribution in [3.05, 3.63) is 0 Å². The molecule has 0 radical (unpaired) electrons. The highest BCUT2D eigenvalue weighted by molar-refractivity contribution is 4.95. The van der Waals surface area contributed by atoms with Crippen LogP contribution in [-0.2, 0) is 4.74 Å². The number of hydrogen-bond donors (Lipinski definition) is 1. The second kappa shape index (κ2) is 4.40. The van der Waals surface area contributed by atoms with Gasteiger partial charge in [0.05, 0.1) is 11.7 Å². The van der Waals surface area contributed by atoms with Crippen molar-refractivity contribution in [2.75, 3.05) is 26.7 Å². The number of β-amino-alcohol motifs (C(OH)–C–C–N with tert-alkyl or cyclic N) is 1. The molecule has 1 unspecified atom stereocenters. The fourth-order valence-corrected chi connectivity index (χ4v) is 1.98. The molecular formula is C10H21NO2. The fourth-order valence-electron chi connectivity index (χ4n) is 1.98. The van der Waals surface area contributed by atoms with E-state index >= 15 is 0 Å². The Kier molecular flexibility index (Phi) is 3.71. The first-order valence-corrected chi connectivity index (χ1v) is 5.07. The van der Waals surface area contributed by atoms with Crippen LogP contribution in [0.2, 0.25) is 0 Å². The Morgan fingerprint density at radius 1 is 1.54 bits per heavy atom. The number of hydrogen-bond acceptors (Lipinski definition) is 3. The number of methoxy groups -OCH3 is 1.